The Morgan fingerprint density at radius 1 is 1.00 bits per heavy atom. The smallest absolute Gasteiger partial charge is 0.339 e. The summed E-state index contributed by atoms with van der Waals surface area (Å²) in [5.74, 6) is -0.615. The molecule has 110 valence electrons. The molecule has 0 heterocycles. The van der Waals surface area contributed by atoms with Crippen molar-refractivity contribution in [2.45, 2.75) is 6.61 Å². The van der Waals surface area contributed by atoms with Gasteiger partial charge in [-0.3, -0.25) is 0 Å². The third-order valence-corrected chi connectivity index (χ3v) is 3.86. The molecule has 3 nitrogen and oxygen atoms in total. The highest BCUT2D eigenvalue weighted by molar-refractivity contribution is 9.10. The Balaban J connectivity index is 1.98. The Labute approximate surface area is 136 Å². The number of carboxylic acids is 1. The molecule has 0 aliphatic carbocycles. The second-order valence-electron chi connectivity index (χ2n) is 4.92. The normalized spacial score (nSPS) is 10.6. The Bertz CT molecular complexity index is 828. The fraction of sp³-hybridized carbons (Fsp3) is 0.0556. The van der Waals surface area contributed by atoms with Gasteiger partial charge in [0.25, 0.3) is 0 Å². The van der Waals surface area contributed by atoms with Gasteiger partial charge >= 0.3 is 5.97 Å². The zero-order valence-electron chi connectivity index (χ0n) is 11.6. The Kier molecular flexibility index (Phi) is 4.11. The van der Waals surface area contributed by atoms with Crippen LogP contribution in [0.25, 0.3) is 10.8 Å². The van der Waals surface area contributed by atoms with Crippen LogP contribution < -0.4 is 4.74 Å². The van der Waals surface area contributed by atoms with E-state index in [1.54, 1.807) is 12.1 Å². The molecule has 0 amide bonds. The molecule has 0 saturated carbocycles. The summed E-state index contributed by atoms with van der Waals surface area (Å²) in [6.45, 7) is 0.336. The average Bonchev–Trinajstić information content (AvgIpc) is 2.53. The van der Waals surface area contributed by atoms with E-state index in [0.717, 1.165) is 20.8 Å². The van der Waals surface area contributed by atoms with Crippen molar-refractivity contribution >= 4 is 32.7 Å². The summed E-state index contributed by atoms with van der Waals surface area (Å²) in [7, 11) is 0. The van der Waals surface area contributed by atoms with E-state index in [0.29, 0.717) is 12.4 Å². The molecule has 0 radical (unpaired) electrons. The van der Waals surface area contributed by atoms with E-state index in [-0.39, 0.29) is 5.56 Å². The van der Waals surface area contributed by atoms with E-state index in [1.165, 1.54) is 0 Å². The van der Waals surface area contributed by atoms with Crippen molar-refractivity contribution in [2.24, 2.45) is 0 Å². The zero-order valence-corrected chi connectivity index (χ0v) is 13.2. The topological polar surface area (TPSA) is 46.5 Å². The Hall–Kier alpha value is -2.33. The molecule has 4 heteroatoms. The number of fused-ring (bicyclic) bond motifs is 1. The van der Waals surface area contributed by atoms with Crippen molar-refractivity contribution in [3.05, 3.63) is 76.3 Å². The highest BCUT2D eigenvalue weighted by Gasteiger charge is 2.13. The van der Waals surface area contributed by atoms with Crippen molar-refractivity contribution in [2.75, 3.05) is 0 Å². The molecule has 0 bridgehead atoms. The summed E-state index contributed by atoms with van der Waals surface area (Å²) >= 11 is 3.40. The standard InChI is InChI=1S/C18H13BrO3/c19-15-7-6-13-10-17(16(18(20)21)9-14(13)8-15)22-11-12-4-2-1-3-5-12/h1-10H,11H2,(H,20,21). The lowest BCUT2D eigenvalue weighted by Gasteiger charge is -2.11. The van der Waals surface area contributed by atoms with Crippen LogP contribution in [0.3, 0.4) is 0 Å². The van der Waals surface area contributed by atoms with Gasteiger partial charge in [0.05, 0.1) is 0 Å². The van der Waals surface area contributed by atoms with Gasteiger partial charge in [0, 0.05) is 4.47 Å². The lowest BCUT2D eigenvalue weighted by molar-refractivity contribution is 0.0692. The molecule has 1 N–H and O–H groups in total. The molecule has 0 aliphatic heterocycles. The van der Waals surface area contributed by atoms with E-state index in [9.17, 15) is 9.90 Å². The number of aromatic carboxylic acids is 1. The maximum Gasteiger partial charge on any atom is 0.339 e. The summed E-state index contributed by atoms with van der Waals surface area (Å²) in [5.41, 5.74) is 1.16. The third-order valence-electron chi connectivity index (χ3n) is 3.37. The van der Waals surface area contributed by atoms with Gasteiger partial charge in [-0.15, -0.1) is 0 Å². The molecule has 0 unspecified atom stereocenters. The van der Waals surface area contributed by atoms with Crippen LogP contribution >= 0.6 is 15.9 Å². The molecule has 3 aromatic rings. The quantitative estimate of drug-likeness (QED) is 0.724. The maximum absolute atomic E-state index is 11.5. The van der Waals surface area contributed by atoms with Gasteiger partial charge in [-0.2, -0.15) is 0 Å². The van der Waals surface area contributed by atoms with Gasteiger partial charge in [0.2, 0.25) is 0 Å². The molecule has 0 atom stereocenters. The molecule has 0 fully saturated rings. The second-order valence-corrected chi connectivity index (χ2v) is 5.83. The van der Waals surface area contributed by atoms with E-state index in [2.05, 4.69) is 15.9 Å². The number of carboxylic acid groups (broad SMARTS) is 1. The minimum Gasteiger partial charge on any atom is -0.488 e. The van der Waals surface area contributed by atoms with Crippen LogP contribution in [-0.4, -0.2) is 11.1 Å². The first kappa shape index (κ1) is 14.6. The van der Waals surface area contributed by atoms with Crippen molar-refractivity contribution in [1.29, 1.82) is 0 Å². The Morgan fingerprint density at radius 3 is 2.50 bits per heavy atom. The van der Waals surface area contributed by atoms with Crippen LogP contribution in [-0.2, 0) is 6.61 Å². The molecule has 3 rings (SSSR count). The highest BCUT2D eigenvalue weighted by Crippen LogP contribution is 2.29. The summed E-state index contributed by atoms with van der Waals surface area (Å²) in [6, 6.07) is 18.8. The lowest BCUT2D eigenvalue weighted by atomic mass is 10.1. The van der Waals surface area contributed by atoms with Gasteiger partial charge in [-0.05, 0) is 40.6 Å². The van der Waals surface area contributed by atoms with Crippen LogP contribution in [0, 0.1) is 0 Å². The number of ether oxygens (including phenoxy) is 1. The Morgan fingerprint density at radius 2 is 1.77 bits per heavy atom. The molecular formula is C18H13BrO3. The first-order valence-corrected chi connectivity index (χ1v) is 7.56. The second kappa shape index (κ2) is 6.20. The molecule has 0 spiro atoms. The van der Waals surface area contributed by atoms with Gasteiger partial charge < -0.3 is 9.84 Å². The van der Waals surface area contributed by atoms with Crippen LogP contribution in [0.1, 0.15) is 15.9 Å². The minimum atomic E-state index is -0.995. The van der Waals surface area contributed by atoms with Gasteiger partial charge in [0.15, 0.2) is 0 Å². The predicted molar refractivity (Wildman–Crippen MR) is 89.4 cm³/mol. The SMILES string of the molecule is O=C(O)c1cc2cc(Br)ccc2cc1OCc1ccccc1. The van der Waals surface area contributed by atoms with Crippen molar-refractivity contribution < 1.29 is 14.6 Å². The van der Waals surface area contributed by atoms with E-state index in [4.69, 9.17) is 4.74 Å². The number of halogens is 1. The first-order valence-electron chi connectivity index (χ1n) is 6.77. The minimum absolute atomic E-state index is 0.168. The number of hydrogen-bond acceptors (Lipinski definition) is 2. The predicted octanol–water partition coefficient (Wildman–Crippen LogP) is 4.88. The van der Waals surface area contributed by atoms with Crippen LogP contribution in [0.4, 0.5) is 0 Å². The lowest BCUT2D eigenvalue weighted by Crippen LogP contribution is -2.03. The zero-order chi connectivity index (χ0) is 15.5. The molecular weight excluding hydrogens is 344 g/mol. The molecule has 0 aliphatic rings. The van der Waals surface area contributed by atoms with Gasteiger partial charge in [0.1, 0.15) is 17.9 Å². The van der Waals surface area contributed by atoms with Crippen LogP contribution in [0.2, 0.25) is 0 Å². The highest BCUT2D eigenvalue weighted by atomic mass is 79.9. The molecule has 3 aromatic carbocycles. The summed E-state index contributed by atoms with van der Waals surface area (Å²) in [6.07, 6.45) is 0. The summed E-state index contributed by atoms with van der Waals surface area (Å²) in [5, 5.41) is 11.2. The third kappa shape index (κ3) is 3.12. The summed E-state index contributed by atoms with van der Waals surface area (Å²) < 4.78 is 6.64. The van der Waals surface area contributed by atoms with Gasteiger partial charge in [-0.25, -0.2) is 4.79 Å². The van der Waals surface area contributed by atoms with Crippen molar-refractivity contribution in [1.82, 2.24) is 0 Å². The van der Waals surface area contributed by atoms with E-state index < -0.39 is 5.97 Å². The number of benzene rings is 3. The van der Waals surface area contributed by atoms with Crippen LogP contribution in [0.15, 0.2) is 65.1 Å². The van der Waals surface area contributed by atoms with Gasteiger partial charge in [-0.1, -0.05) is 52.3 Å². The summed E-state index contributed by atoms with van der Waals surface area (Å²) in [4.78, 5) is 11.5. The monoisotopic (exact) mass is 356 g/mol. The maximum atomic E-state index is 11.5. The van der Waals surface area contributed by atoms with E-state index >= 15 is 0 Å². The fourth-order valence-electron chi connectivity index (χ4n) is 2.27. The fourth-order valence-corrected chi connectivity index (χ4v) is 2.65. The number of rotatable bonds is 4. The first-order chi connectivity index (χ1) is 10.6. The number of hydrogen-bond donors (Lipinski definition) is 1. The molecule has 22 heavy (non-hydrogen) atoms. The van der Waals surface area contributed by atoms with E-state index in [1.807, 2.05) is 48.5 Å². The largest absolute Gasteiger partial charge is 0.488 e. The average molecular weight is 357 g/mol. The molecule has 0 saturated heterocycles. The van der Waals surface area contributed by atoms with Crippen molar-refractivity contribution in [3.8, 4) is 5.75 Å². The molecule has 0 aromatic heterocycles. The van der Waals surface area contributed by atoms with Crippen molar-refractivity contribution in [3.63, 3.8) is 0 Å². The number of carbonyl (C=O) groups is 1. The van der Waals surface area contributed by atoms with Crippen LogP contribution in [0.5, 0.6) is 5.75 Å².